The van der Waals surface area contributed by atoms with Gasteiger partial charge >= 0.3 is 0 Å². The third-order valence-electron chi connectivity index (χ3n) is 2.09. The minimum absolute atomic E-state index is 0.920. The molecule has 0 saturated carbocycles. The molecule has 0 N–H and O–H groups in total. The Morgan fingerprint density at radius 3 is 2.58 bits per heavy atom. The van der Waals surface area contributed by atoms with Crippen LogP contribution in [-0.2, 0) is 12.8 Å². The first-order chi connectivity index (χ1) is 5.79. The molecule has 0 fully saturated rings. The highest BCUT2D eigenvalue weighted by Crippen LogP contribution is 2.21. The Morgan fingerprint density at radius 1 is 1.25 bits per heavy atom. The quantitative estimate of drug-likeness (QED) is 0.666. The molecule has 0 aliphatic heterocycles. The van der Waals surface area contributed by atoms with Crippen molar-refractivity contribution in [2.24, 2.45) is 0 Å². The summed E-state index contributed by atoms with van der Waals surface area (Å²) in [6, 6.07) is 6.18. The molecule has 0 nitrogen and oxygen atoms in total. The second-order valence-corrected chi connectivity index (χ2v) is 3.39. The highest BCUT2D eigenvalue weighted by molar-refractivity contribution is 6.31. The topological polar surface area (TPSA) is 0 Å². The zero-order valence-electron chi connectivity index (χ0n) is 7.73. The Kier molecular flexibility index (Phi) is 3.61. The third kappa shape index (κ3) is 2.01. The summed E-state index contributed by atoms with van der Waals surface area (Å²) < 4.78 is 0. The van der Waals surface area contributed by atoms with Gasteiger partial charge in [0.05, 0.1) is 0 Å². The van der Waals surface area contributed by atoms with Crippen LogP contribution in [0, 0.1) is 0 Å². The molecule has 0 radical (unpaired) electrons. The second kappa shape index (κ2) is 4.51. The summed E-state index contributed by atoms with van der Waals surface area (Å²) in [5, 5.41) is 0.920. The van der Waals surface area contributed by atoms with E-state index < -0.39 is 0 Å². The molecule has 0 aliphatic carbocycles. The van der Waals surface area contributed by atoms with Crippen LogP contribution >= 0.6 is 11.6 Å². The van der Waals surface area contributed by atoms with Crippen LogP contribution in [-0.4, -0.2) is 0 Å². The first-order valence-electron chi connectivity index (χ1n) is 4.55. The van der Waals surface area contributed by atoms with E-state index in [2.05, 4.69) is 19.9 Å². The van der Waals surface area contributed by atoms with Gasteiger partial charge in [0.15, 0.2) is 0 Å². The number of hydrogen-bond donors (Lipinski definition) is 0. The van der Waals surface area contributed by atoms with Gasteiger partial charge in [0, 0.05) is 5.02 Å². The Morgan fingerprint density at radius 2 is 2.00 bits per heavy atom. The summed E-state index contributed by atoms with van der Waals surface area (Å²) in [5.41, 5.74) is 2.73. The molecule has 0 amide bonds. The summed E-state index contributed by atoms with van der Waals surface area (Å²) in [7, 11) is 0. The first-order valence-corrected chi connectivity index (χ1v) is 4.93. The van der Waals surface area contributed by atoms with Crippen LogP contribution in [0.5, 0.6) is 0 Å². The lowest BCUT2D eigenvalue weighted by molar-refractivity contribution is 0.899. The molecule has 0 aromatic heterocycles. The molecular formula is C11H15Cl. The van der Waals surface area contributed by atoms with Crippen molar-refractivity contribution >= 4 is 11.6 Å². The summed E-state index contributed by atoms with van der Waals surface area (Å²) in [6.45, 7) is 4.35. The van der Waals surface area contributed by atoms with Crippen molar-refractivity contribution in [3.8, 4) is 0 Å². The van der Waals surface area contributed by atoms with Gasteiger partial charge in [0.25, 0.3) is 0 Å². The van der Waals surface area contributed by atoms with Gasteiger partial charge in [-0.1, -0.05) is 44.0 Å². The van der Waals surface area contributed by atoms with Gasteiger partial charge in [-0.05, 0) is 30.0 Å². The molecular weight excluding hydrogens is 168 g/mol. The van der Waals surface area contributed by atoms with Crippen LogP contribution in [0.1, 0.15) is 31.4 Å². The zero-order chi connectivity index (χ0) is 8.97. The minimum atomic E-state index is 0.920. The van der Waals surface area contributed by atoms with Crippen LogP contribution in [0.3, 0.4) is 0 Å². The highest BCUT2D eigenvalue weighted by Gasteiger charge is 2.02. The molecule has 0 aliphatic rings. The lowest BCUT2D eigenvalue weighted by Gasteiger charge is -2.07. The summed E-state index contributed by atoms with van der Waals surface area (Å²) in [6.07, 6.45) is 3.37. The fourth-order valence-electron chi connectivity index (χ4n) is 1.50. The fraction of sp³-hybridized carbons (Fsp3) is 0.455. The molecule has 1 heteroatoms. The normalized spacial score (nSPS) is 10.2. The van der Waals surface area contributed by atoms with Gasteiger partial charge in [-0.25, -0.2) is 0 Å². The van der Waals surface area contributed by atoms with Crippen molar-refractivity contribution < 1.29 is 0 Å². The van der Waals surface area contributed by atoms with E-state index in [1.165, 1.54) is 17.5 Å². The number of rotatable bonds is 3. The maximum atomic E-state index is 6.07. The number of benzene rings is 1. The van der Waals surface area contributed by atoms with E-state index in [0.717, 1.165) is 17.9 Å². The number of halogens is 1. The molecule has 0 saturated heterocycles. The van der Waals surface area contributed by atoms with E-state index >= 15 is 0 Å². The van der Waals surface area contributed by atoms with E-state index in [4.69, 9.17) is 11.6 Å². The molecule has 0 unspecified atom stereocenters. The number of aryl methyl sites for hydroxylation is 1. The van der Waals surface area contributed by atoms with Crippen LogP contribution in [0.2, 0.25) is 5.02 Å². The Bertz CT molecular complexity index is 253. The Labute approximate surface area is 79.6 Å². The standard InChI is InChI=1S/C11H15Cl/c1-3-6-9-7-5-8-11(12)10(9)4-2/h5,7-8H,3-4,6H2,1-2H3. The fourth-order valence-corrected chi connectivity index (χ4v) is 1.83. The van der Waals surface area contributed by atoms with Crippen LogP contribution in [0.15, 0.2) is 18.2 Å². The van der Waals surface area contributed by atoms with E-state index in [1.807, 2.05) is 12.1 Å². The van der Waals surface area contributed by atoms with Crippen molar-refractivity contribution in [2.75, 3.05) is 0 Å². The van der Waals surface area contributed by atoms with Crippen LogP contribution < -0.4 is 0 Å². The van der Waals surface area contributed by atoms with E-state index in [9.17, 15) is 0 Å². The maximum absolute atomic E-state index is 6.07. The van der Waals surface area contributed by atoms with Crippen molar-refractivity contribution in [1.29, 1.82) is 0 Å². The van der Waals surface area contributed by atoms with E-state index in [0.29, 0.717) is 0 Å². The van der Waals surface area contributed by atoms with E-state index in [-0.39, 0.29) is 0 Å². The summed E-state index contributed by atoms with van der Waals surface area (Å²) >= 11 is 6.07. The zero-order valence-corrected chi connectivity index (χ0v) is 8.49. The highest BCUT2D eigenvalue weighted by atomic mass is 35.5. The molecule has 0 bridgehead atoms. The largest absolute Gasteiger partial charge is 0.0840 e. The van der Waals surface area contributed by atoms with Crippen molar-refractivity contribution in [1.82, 2.24) is 0 Å². The lowest BCUT2D eigenvalue weighted by atomic mass is 10.0. The van der Waals surface area contributed by atoms with Gasteiger partial charge in [0.2, 0.25) is 0 Å². The van der Waals surface area contributed by atoms with Crippen LogP contribution in [0.25, 0.3) is 0 Å². The lowest BCUT2D eigenvalue weighted by Crippen LogP contribution is -1.92. The molecule has 1 aromatic carbocycles. The first kappa shape index (κ1) is 9.60. The third-order valence-corrected chi connectivity index (χ3v) is 2.44. The molecule has 1 rings (SSSR count). The van der Waals surface area contributed by atoms with Gasteiger partial charge < -0.3 is 0 Å². The van der Waals surface area contributed by atoms with Gasteiger partial charge in [0.1, 0.15) is 0 Å². The van der Waals surface area contributed by atoms with Crippen LogP contribution in [0.4, 0.5) is 0 Å². The minimum Gasteiger partial charge on any atom is -0.0840 e. The average Bonchev–Trinajstić information content (AvgIpc) is 2.05. The van der Waals surface area contributed by atoms with Crippen molar-refractivity contribution in [3.05, 3.63) is 34.3 Å². The molecule has 0 heterocycles. The van der Waals surface area contributed by atoms with Gasteiger partial charge in [-0.15, -0.1) is 0 Å². The molecule has 66 valence electrons. The predicted molar refractivity (Wildman–Crippen MR) is 54.8 cm³/mol. The van der Waals surface area contributed by atoms with Gasteiger partial charge in [-0.3, -0.25) is 0 Å². The second-order valence-electron chi connectivity index (χ2n) is 2.98. The molecule has 0 atom stereocenters. The number of hydrogen-bond acceptors (Lipinski definition) is 0. The molecule has 12 heavy (non-hydrogen) atoms. The smallest absolute Gasteiger partial charge is 0.0440 e. The molecule has 1 aromatic rings. The Balaban J connectivity index is 3.00. The average molecular weight is 183 g/mol. The summed E-state index contributed by atoms with van der Waals surface area (Å²) in [4.78, 5) is 0. The summed E-state index contributed by atoms with van der Waals surface area (Å²) in [5.74, 6) is 0. The van der Waals surface area contributed by atoms with Gasteiger partial charge in [-0.2, -0.15) is 0 Å². The van der Waals surface area contributed by atoms with E-state index in [1.54, 1.807) is 0 Å². The Hall–Kier alpha value is -0.490. The molecule has 0 spiro atoms. The van der Waals surface area contributed by atoms with Crippen molar-refractivity contribution in [3.63, 3.8) is 0 Å². The monoisotopic (exact) mass is 182 g/mol. The van der Waals surface area contributed by atoms with Crippen molar-refractivity contribution in [2.45, 2.75) is 33.1 Å². The SMILES string of the molecule is CCCc1cccc(Cl)c1CC. The maximum Gasteiger partial charge on any atom is 0.0440 e. The predicted octanol–water partition coefficient (Wildman–Crippen LogP) is 3.85.